The van der Waals surface area contributed by atoms with Crippen molar-refractivity contribution in [1.29, 1.82) is 0 Å². The molecule has 1 saturated heterocycles. The average Bonchev–Trinajstić information content (AvgIpc) is 3.31. The van der Waals surface area contributed by atoms with Crippen LogP contribution in [0.2, 0.25) is 0 Å². The van der Waals surface area contributed by atoms with Gasteiger partial charge < -0.3 is 10.2 Å². The highest BCUT2D eigenvalue weighted by molar-refractivity contribution is 7.89. The minimum atomic E-state index is -3.60. The standard InChI is InChI=1S/C23H29N3O4S/c1-4-25(5-2)23(28)18-9-11-19(12-10-18)24-22(27)21-16-20(13-8-17(21)3)31(29,30)26-14-6-7-15-26/h8-13,16H,4-7,14-15H2,1-3H3,(H,24,27). The Morgan fingerprint density at radius 2 is 1.61 bits per heavy atom. The number of nitrogens with zero attached hydrogens (tertiary/aromatic N) is 2. The lowest BCUT2D eigenvalue weighted by Gasteiger charge is -2.18. The number of hydrogen-bond acceptors (Lipinski definition) is 4. The van der Waals surface area contributed by atoms with Gasteiger partial charge in [0.05, 0.1) is 4.90 Å². The maximum atomic E-state index is 12.9. The summed E-state index contributed by atoms with van der Waals surface area (Å²) in [5, 5.41) is 2.80. The van der Waals surface area contributed by atoms with Gasteiger partial charge in [0, 0.05) is 43.0 Å². The van der Waals surface area contributed by atoms with Gasteiger partial charge in [-0.2, -0.15) is 4.31 Å². The largest absolute Gasteiger partial charge is 0.339 e. The molecule has 1 aliphatic heterocycles. The molecule has 1 N–H and O–H groups in total. The van der Waals surface area contributed by atoms with E-state index >= 15 is 0 Å². The van der Waals surface area contributed by atoms with Crippen molar-refractivity contribution in [3.8, 4) is 0 Å². The molecule has 31 heavy (non-hydrogen) atoms. The van der Waals surface area contributed by atoms with E-state index in [0.29, 0.717) is 48.6 Å². The molecule has 0 aromatic heterocycles. The molecule has 0 radical (unpaired) electrons. The monoisotopic (exact) mass is 443 g/mol. The van der Waals surface area contributed by atoms with Crippen LogP contribution < -0.4 is 5.32 Å². The van der Waals surface area contributed by atoms with Crippen LogP contribution in [-0.4, -0.2) is 55.6 Å². The summed E-state index contributed by atoms with van der Waals surface area (Å²) in [6.07, 6.45) is 1.70. The van der Waals surface area contributed by atoms with E-state index in [2.05, 4.69) is 5.32 Å². The van der Waals surface area contributed by atoms with Gasteiger partial charge in [0.15, 0.2) is 0 Å². The van der Waals surface area contributed by atoms with E-state index < -0.39 is 15.9 Å². The number of rotatable bonds is 7. The summed E-state index contributed by atoms with van der Waals surface area (Å²) in [5.74, 6) is -0.447. The van der Waals surface area contributed by atoms with Crippen LogP contribution in [0, 0.1) is 6.92 Å². The third-order valence-electron chi connectivity index (χ3n) is 5.60. The van der Waals surface area contributed by atoms with E-state index in [1.165, 1.54) is 10.4 Å². The molecule has 3 rings (SSSR count). The topological polar surface area (TPSA) is 86.8 Å². The van der Waals surface area contributed by atoms with Crippen molar-refractivity contribution in [2.45, 2.75) is 38.5 Å². The summed E-state index contributed by atoms with van der Waals surface area (Å²) >= 11 is 0. The molecule has 0 spiro atoms. The number of hydrogen-bond donors (Lipinski definition) is 1. The molecule has 8 heteroatoms. The Balaban J connectivity index is 1.78. The van der Waals surface area contributed by atoms with Crippen LogP contribution in [0.25, 0.3) is 0 Å². The maximum absolute atomic E-state index is 12.9. The first-order valence-electron chi connectivity index (χ1n) is 10.6. The first kappa shape index (κ1) is 23.0. The fourth-order valence-corrected chi connectivity index (χ4v) is 5.22. The Hall–Kier alpha value is -2.71. The number of anilines is 1. The average molecular weight is 444 g/mol. The predicted molar refractivity (Wildman–Crippen MR) is 121 cm³/mol. The predicted octanol–water partition coefficient (Wildman–Crippen LogP) is 3.51. The van der Waals surface area contributed by atoms with Crippen molar-refractivity contribution in [3.05, 3.63) is 59.2 Å². The Labute approximate surface area is 184 Å². The quantitative estimate of drug-likeness (QED) is 0.709. The van der Waals surface area contributed by atoms with Gasteiger partial charge in [-0.1, -0.05) is 6.07 Å². The minimum Gasteiger partial charge on any atom is -0.339 e. The van der Waals surface area contributed by atoms with Gasteiger partial charge in [-0.05, 0) is 75.6 Å². The van der Waals surface area contributed by atoms with Crippen molar-refractivity contribution >= 4 is 27.5 Å². The van der Waals surface area contributed by atoms with Gasteiger partial charge in [0.25, 0.3) is 11.8 Å². The lowest BCUT2D eigenvalue weighted by Crippen LogP contribution is -2.30. The summed E-state index contributed by atoms with van der Waals surface area (Å²) < 4.78 is 27.1. The van der Waals surface area contributed by atoms with Crippen LogP contribution >= 0.6 is 0 Å². The minimum absolute atomic E-state index is 0.0569. The second kappa shape index (κ2) is 9.62. The first-order valence-corrected chi connectivity index (χ1v) is 12.0. The SMILES string of the molecule is CCN(CC)C(=O)c1ccc(NC(=O)c2cc(S(=O)(=O)N3CCCC3)ccc2C)cc1. The first-order chi connectivity index (χ1) is 14.8. The Bertz CT molecular complexity index is 1050. The van der Waals surface area contributed by atoms with E-state index in [0.717, 1.165) is 12.8 Å². The van der Waals surface area contributed by atoms with E-state index in [1.54, 1.807) is 48.2 Å². The molecule has 0 aliphatic carbocycles. The van der Waals surface area contributed by atoms with Crippen molar-refractivity contribution in [3.63, 3.8) is 0 Å². The van der Waals surface area contributed by atoms with Crippen LogP contribution in [0.1, 0.15) is 53.0 Å². The second-order valence-corrected chi connectivity index (χ2v) is 9.53. The summed E-state index contributed by atoms with van der Waals surface area (Å²) in [4.78, 5) is 27.1. The van der Waals surface area contributed by atoms with Crippen LogP contribution in [0.3, 0.4) is 0 Å². The zero-order valence-corrected chi connectivity index (χ0v) is 19.0. The molecule has 0 unspecified atom stereocenters. The molecule has 0 saturated carbocycles. The highest BCUT2D eigenvalue weighted by Crippen LogP contribution is 2.24. The normalized spacial score (nSPS) is 14.4. The highest BCUT2D eigenvalue weighted by atomic mass is 32.2. The summed E-state index contributed by atoms with van der Waals surface area (Å²) in [6.45, 7) is 7.90. The Morgan fingerprint density at radius 3 is 2.19 bits per heavy atom. The number of nitrogens with one attached hydrogen (secondary N) is 1. The molecule has 1 aliphatic rings. The van der Waals surface area contributed by atoms with Crippen LogP contribution in [0.4, 0.5) is 5.69 Å². The molecule has 0 bridgehead atoms. The van der Waals surface area contributed by atoms with Gasteiger partial charge >= 0.3 is 0 Å². The number of carbonyl (C=O) groups excluding carboxylic acids is 2. The molecule has 1 heterocycles. The van der Waals surface area contributed by atoms with Gasteiger partial charge in [0.1, 0.15) is 0 Å². The van der Waals surface area contributed by atoms with E-state index in [1.807, 2.05) is 13.8 Å². The van der Waals surface area contributed by atoms with Gasteiger partial charge in [0.2, 0.25) is 10.0 Å². The van der Waals surface area contributed by atoms with Crippen molar-refractivity contribution in [2.75, 3.05) is 31.5 Å². The van der Waals surface area contributed by atoms with Crippen LogP contribution in [0.15, 0.2) is 47.4 Å². The molecule has 166 valence electrons. The van der Waals surface area contributed by atoms with Crippen LogP contribution in [-0.2, 0) is 10.0 Å². The van der Waals surface area contributed by atoms with Gasteiger partial charge in [-0.3, -0.25) is 9.59 Å². The van der Waals surface area contributed by atoms with Crippen molar-refractivity contribution in [1.82, 2.24) is 9.21 Å². The number of amides is 2. The fraction of sp³-hybridized carbons (Fsp3) is 0.391. The van der Waals surface area contributed by atoms with Crippen molar-refractivity contribution in [2.24, 2.45) is 0 Å². The van der Waals surface area contributed by atoms with Gasteiger partial charge in [-0.25, -0.2) is 8.42 Å². The van der Waals surface area contributed by atoms with Crippen LogP contribution in [0.5, 0.6) is 0 Å². The fourth-order valence-electron chi connectivity index (χ4n) is 3.67. The zero-order chi connectivity index (χ0) is 22.6. The second-order valence-electron chi connectivity index (χ2n) is 7.60. The number of sulfonamides is 1. The summed E-state index contributed by atoms with van der Waals surface area (Å²) in [7, 11) is -3.60. The molecular formula is C23H29N3O4S. The summed E-state index contributed by atoms with van der Waals surface area (Å²) in [5.41, 5.74) is 2.08. The molecule has 2 amide bonds. The van der Waals surface area contributed by atoms with E-state index in [9.17, 15) is 18.0 Å². The maximum Gasteiger partial charge on any atom is 0.255 e. The molecule has 7 nitrogen and oxygen atoms in total. The van der Waals surface area contributed by atoms with Crippen molar-refractivity contribution < 1.29 is 18.0 Å². The lowest BCUT2D eigenvalue weighted by atomic mass is 10.1. The molecule has 2 aromatic rings. The number of benzene rings is 2. The molecular weight excluding hydrogens is 414 g/mol. The number of carbonyl (C=O) groups is 2. The highest BCUT2D eigenvalue weighted by Gasteiger charge is 2.28. The zero-order valence-electron chi connectivity index (χ0n) is 18.2. The smallest absolute Gasteiger partial charge is 0.255 e. The summed E-state index contributed by atoms with van der Waals surface area (Å²) in [6, 6.07) is 11.4. The number of aryl methyl sites for hydroxylation is 1. The molecule has 2 aromatic carbocycles. The van der Waals surface area contributed by atoms with E-state index in [-0.39, 0.29) is 10.8 Å². The Kier molecular flexibility index (Phi) is 7.12. The van der Waals surface area contributed by atoms with E-state index in [4.69, 9.17) is 0 Å². The third-order valence-corrected chi connectivity index (χ3v) is 7.49. The molecule has 0 atom stereocenters. The third kappa shape index (κ3) is 4.97. The lowest BCUT2D eigenvalue weighted by molar-refractivity contribution is 0.0773. The van der Waals surface area contributed by atoms with Gasteiger partial charge in [-0.15, -0.1) is 0 Å². The Morgan fingerprint density at radius 1 is 1.00 bits per heavy atom. The molecule has 1 fully saturated rings.